The second-order valence-electron chi connectivity index (χ2n) is 3.49. The third-order valence-corrected chi connectivity index (χ3v) is 2.58. The molecule has 0 saturated carbocycles. The minimum atomic E-state index is 0.801. The number of rotatable bonds is 0. The minimum absolute atomic E-state index is 0.801. The van der Waals surface area contributed by atoms with Crippen molar-refractivity contribution in [1.82, 2.24) is 0 Å². The van der Waals surface area contributed by atoms with Crippen LogP contribution in [0.15, 0.2) is 48.8 Å². The van der Waals surface area contributed by atoms with Crippen molar-refractivity contribution in [2.24, 2.45) is 0 Å². The summed E-state index contributed by atoms with van der Waals surface area (Å²) in [5.74, 6) is 0. The van der Waals surface area contributed by atoms with Crippen LogP contribution >= 0.6 is 0 Å². The van der Waals surface area contributed by atoms with Gasteiger partial charge in [-0.15, -0.1) is 0 Å². The first-order valence-electron chi connectivity index (χ1n) is 4.79. The fourth-order valence-corrected chi connectivity index (χ4v) is 1.89. The van der Waals surface area contributed by atoms with E-state index in [1.807, 2.05) is 36.4 Å². The lowest BCUT2D eigenvalue weighted by Gasteiger charge is -2.22. The predicted octanol–water partition coefficient (Wildman–Crippen LogP) is 2.93. The van der Waals surface area contributed by atoms with Gasteiger partial charge in [0.1, 0.15) is 0 Å². The lowest BCUT2D eigenvalue weighted by molar-refractivity contribution is 0.296. The normalized spacial score (nSPS) is 13.8. The Morgan fingerprint density at radius 1 is 1.07 bits per heavy atom. The maximum atomic E-state index is 9.77. The van der Waals surface area contributed by atoms with E-state index in [0.29, 0.717) is 0 Å². The molecular weight excluding hydrogens is 188 g/mol. The van der Waals surface area contributed by atoms with Crippen molar-refractivity contribution in [3.63, 3.8) is 0 Å². The van der Waals surface area contributed by atoms with E-state index in [1.165, 1.54) is 0 Å². The quantitative estimate of drug-likeness (QED) is 0.683. The van der Waals surface area contributed by atoms with Crippen molar-refractivity contribution < 1.29 is 5.21 Å². The summed E-state index contributed by atoms with van der Waals surface area (Å²) in [5, 5.41) is 16.2. The number of benzene rings is 2. The molecule has 3 heteroatoms. The molecule has 0 aromatic heterocycles. The van der Waals surface area contributed by atoms with Crippen LogP contribution in [0, 0.1) is 0 Å². The van der Waals surface area contributed by atoms with Crippen LogP contribution in [0.2, 0.25) is 0 Å². The summed E-state index contributed by atoms with van der Waals surface area (Å²) in [5.41, 5.74) is 1.72. The molecule has 2 aromatic rings. The number of hydrogen-bond donors (Lipinski definition) is 2. The number of nitrogens with one attached hydrogen (secondary N) is 1. The summed E-state index contributed by atoms with van der Waals surface area (Å²) in [4.78, 5) is 0. The largest absolute Gasteiger partial charge is 0.358 e. The second kappa shape index (κ2) is 3.00. The zero-order valence-electron chi connectivity index (χ0n) is 8.01. The summed E-state index contributed by atoms with van der Waals surface area (Å²) >= 11 is 0. The van der Waals surface area contributed by atoms with Gasteiger partial charge < -0.3 is 5.32 Å². The average molecular weight is 198 g/mol. The summed E-state index contributed by atoms with van der Waals surface area (Å²) in [6.45, 7) is 0. The zero-order valence-corrected chi connectivity index (χ0v) is 8.01. The highest BCUT2D eigenvalue weighted by Gasteiger charge is 2.13. The lowest BCUT2D eigenvalue weighted by atomic mass is 10.1. The number of hydroxylamine groups is 1. The SMILES string of the molecule is ON1C=CNc2ccc3ccccc3c21. The molecule has 15 heavy (non-hydrogen) atoms. The van der Waals surface area contributed by atoms with Gasteiger partial charge in [0.15, 0.2) is 0 Å². The lowest BCUT2D eigenvalue weighted by Crippen LogP contribution is -2.15. The van der Waals surface area contributed by atoms with Crippen molar-refractivity contribution in [3.05, 3.63) is 48.8 Å². The predicted molar refractivity (Wildman–Crippen MR) is 61.0 cm³/mol. The Labute approximate surface area is 87.2 Å². The van der Waals surface area contributed by atoms with Gasteiger partial charge in [-0.25, -0.2) is 5.06 Å². The van der Waals surface area contributed by atoms with Gasteiger partial charge in [0.2, 0.25) is 0 Å². The van der Waals surface area contributed by atoms with Gasteiger partial charge in [0.25, 0.3) is 0 Å². The standard InChI is InChI=1S/C12H10N2O/c15-14-8-7-13-11-6-5-9-3-1-2-4-10(9)12(11)14/h1-8,13,15H. The van der Waals surface area contributed by atoms with E-state index < -0.39 is 0 Å². The van der Waals surface area contributed by atoms with Crippen molar-refractivity contribution in [2.75, 3.05) is 10.4 Å². The van der Waals surface area contributed by atoms with Crippen molar-refractivity contribution in [1.29, 1.82) is 0 Å². The number of fused-ring (bicyclic) bond motifs is 3. The Kier molecular flexibility index (Phi) is 1.66. The van der Waals surface area contributed by atoms with Crippen molar-refractivity contribution in [2.45, 2.75) is 0 Å². The molecule has 0 saturated heterocycles. The van der Waals surface area contributed by atoms with Gasteiger partial charge in [0.05, 0.1) is 11.4 Å². The van der Waals surface area contributed by atoms with Crippen LogP contribution in [-0.4, -0.2) is 5.21 Å². The highest BCUT2D eigenvalue weighted by Crippen LogP contribution is 2.35. The zero-order chi connectivity index (χ0) is 10.3. The summed E-state index contributed by atoms with van der Waals surface area (Å²) in [6.07, 6.45) is 3.30. The molecule has 3 rings (SSSR count). The molecular formula is C12H10N2O. The van der Waals surface area contributed by atoms with Crippen molar-refractivity contribution >= 4 is 22.1 Å². The smallest absolute Gasteiger partial charge is 0.0999 e. The van der Waals surface area contributed by atoms with Gasteiger partial charge >= 0.3 is 0 Å². The first kappa shape index (κ1) is 8.32. The van der Waals surface area contributed by atoms with Crippen LogP contribution in [0.25, 0.3) is 10.8 Å². The molecule has 1 aliphatic heterocycles. The van der Waals surface area contributed by atoms with Gasteiger partial charge in [0, 0.05) is 17.8 Å². The Bertz CT molecular complexity index is 548. The number of hydrogen-bond acceptors (Lipinski definition) is 3. The summed E-state index contributed by atoms with van der Waals surface area (Å²) < 4.78 is 0. The van der Waals surface area contributed by atoms with Gasteiger partial charge in [-0.3, -0.25) is 5.21 Å². The van der Waals surface area contributed by atoms with Crippen LogP contribution in [0.3, 0.4) is 0 Å². The van der Waals surface area contributed by atoms with Gasteiger partial charge in [-0.1, -0.05) is 30.3 Å². The molecule has 2 N–H and O–H groups in total. The molecule has 0 aliphatic carbocycles. The Balaban J connectivity index is 2.38. The van der Waals surface area contributed by atoms with Crippen LogP contribution in [0.1, 0.15) is 0 Å². The molecule has 74 valence electrons. The first-order chi connectivity index (χ1) is 7.36. The highest BCUT2D eigenvalue weighted by atomic mass is 16.5. The number of anilines is 2. The molecule has 0 radical (unpaired) electrons. The molecule has 1 aliphatic rings. The van der Waals surface area contributed by atoms with E-state index in [2.05, 4.69) is 5.32 Å². The van der Waals surface area contributed by atoms with Crippen LogP contribution in [0.4, 0.5) is 11.4 Å². The fourth-order valence-electron chi connectivity index (χ4n) is 1.89. The number of nitrogens with zero attached hydrogens (tertiary/aromatic N) is 1. The Morgan fingerprint density at radius 3 is 2.87 bits per heavy atom. The van der Waals surface area contributed by atoms with Gasteiger partial charge in [-0.05, 0) is 11.5 Å². The van der Waals surface area contributed by atoms with Crippen LogP contribution in [-0.2, 0) is 0 Å². The van der Waals surface area contributed by atoms with E-state index in [1.54, 1.807) is 12.4 Å². The Hall–Kier alpha value is -2.00. The molecule has 2 aromatic carbocycles. The third kappa shape index (κ3) is 1.17. The molecule has 0 unspecified atom stereocenters. The van der Waals surface area contributed by atoms with Gasteiger partial charge in [-0.2, -0.15) is 0 Å². The minimum Gasteiger partial charge on any atom is -0.358 e. The van der Waals surface area contributed by atoms with Crippen LogP contribution in [0.5, 0.6) is 0 Å². The highest BCUT2D eigenvalue weighted by molar-refractivity contribution is 6.01. The van der Waals surface area contributed by atoms with E-state index in [0.717, 1.165) is 27.2 Å². The average Bonchev–Trinajstić information content (AvgIpc) is 2.29. The fraction of sp³-hybridized carbons (Fsp3) is 0. The van der Waals surface area contributed by atoms with Crippen molar-refractivity contribution in [3.8, 4) is 0 Å². The topological polar surface area (TPSA) is 35.5 Å². The maximum absolute atomic E-state index is 9.77. The Morgan fingerprint density at radius 2 is 1.93 bits per heavy atom. The molecule has 0 atom stereocenters. The molecule has 0 fully saturated rings. The second-order valence-corrected chi connectivity index (χ2v) is 3.49. The molecule has 3 nitrogen and oxygen atoms in total. The van der Waals surface area contributed by atoms with E-state index in [9.17, 15) is 5.21 Å². The summed E-state index contributed by atoms with van der Waals surface area (Å²) in [6, 6.07) is 12.0. The van der Waals surface area contributed by atoms with Crippen LogP contribution < -0.4 is 10.4 Å². The molecule has 1 heterocycles. The van der Waals surface area contributed by atoms with E-state index in [4.69, 9.17) is 0 Å². The van der Waals surface area contributed by atoms with E-state index >= 15 is 0 Å². The maximum Gasteiger partial charge on any atom is 0.0999 e. The first-order valence-corrected chi connectivity index (χ1v) is 4.79. The monoisotopic (exact) mass is 198 g/mol. The third-order valence-electron chi connectivity index (χ3n) is 2.58. The molecule has 0 bridgehead atoms. The summed E-state index contributed by atoms with van der Waals surface area (Å²) in [7, 11) is 0. The molecule has 0 amide bonds. The van der Waals surface area contributed by atoms with E-state index in [-0.39, 0.29) is 0 Å². The molecule has 0 spiro atoms.